The lowest BCUT2D eigenvalue weighted by atomic mass is 9.85. The first-order chi connectivity index (χ1) is 12.0. The molecule has 3 saturated heterocycles. The molecular weight excluding hydrogens is 324 g/mol. The van der Waals surface area contributed by atoms with Gasteiger partial charge in [0.1, 0.15) is 0 Å². The molecule has 1 aromatic rings. The van der Waals surface area contributed by atoms with E-state index in [1.165, 1.54) is 11.9 Å². The van der Waals surface area contributed by atoms with Crippen LogP contribution in [0.2, 0.25) is 0 Å². The molecular formula is C18H20N2O5. The summed E-state index contributed by atoms with van der Waals surface area (Å²) in [5.74, 6) is -0.234. The predicted molar refractivity (Wildman–Crippen MR) is 86.9 cm³/mol. The molecule has 3 aliphatic rings. The summed E-state index contributed by atoms with van der Waals surface area (Å²) in [5.41, 5.74) is 0.793. The monoisotopic (exact) mass is 344 g/mol. The minimum Gasteiger partial charge on any atom is -0.493 e. The number of carbonyl (C=O) groups is 3. The van der Waals surface area contributed by atoms with Crippen LogP contribution in [0.4, 0.5) is 0 Å². The van der Waals surface area contributed by atoms with Crippen LogP contribution in [0.5, 0.6) is 11.5 Å². The largest absolute Gasteiger partial charge is 0.493 e. The zero-order valence-corrected chi connectivity index (χ0v) is 14.4. The topological polar surface area (TPSA) is 76.2 Å². The number of rotatable bonds is 3. The molecule has 3 fully saturated rings. The summed E-state index contributed by atoms with van der Waals surface area (Å²) in [6, 6.07) is 4.77. The fourth-order valence-corrected chi connectivity index (χ4v) is 4.61. The Kier molecular flexibility index (Phi) is 3.49. The van der Waals surface area contributed by atoms with Gasteiger partial charge in [0, 0.05) is 19.5 Å². The number of hydrogen-bond acceptors (Lipinski definition) is 5. The molecule has 0 aliphatic carbocycles. The van der Waals surface area contributed by atoms with E-state index in [1.54, 1.807) is 31.3 Å². The first-order valence-corrected chi connectivity index (χ1v) is 8.34. The second kappa shape index (κ2) is 5.47. The lowest BCUT2D eigenvalue weighted by molar-refractivity contribution is -0.140. The average molecular weight is 344 g/mol. The number of imide groups is 1. The molecule has 4 rings (SSSR count). The van der Waals surface area contributed by atoms with Crippen molar-refractivity contribution in [2.75, 3.05) is 21.3 Å². The van der Waals surface area contributed by atoms with Crippen molar-refractivity contribution in [2.45, 2.75) is 24.9 Å². The van der Waals surface area contributed by atoms with Gasteiger partial charge in [0.05, 0.1) is 32.1 Å². The van der Waals surface area contributed by atoms with E-state index < -0.39 is 17.9 Å². The molecule has 0 unspecified atom stereocenters. The minimum absolute atomic E-state index is 0.00226. The highest BCUT2D eigenvalue weighted by Crippen LogP contribution is 2.53. The fourth-order valence-electron chi connectivity index (χ4n) is 4.61. The van der Waals surface area contributed by atoms with Gasteiger partial charge in [-0.2, -0.15) is 0 Å². The molecule has 4 atom stereocenters. The third-order valence-electron chi connectivity index (χ3n) is 5.72. The van der Waals surface area contributed by atoms with Gasteiger partial charge in [-0.05, 0) is 24.1 Å². The quantitative estimate of drug-likeness (QED) is 0.764. The zero-order chi connectivity index (χ0) is 17.9. The van der Waals surface area contributed by atoms with Crippen LogP contribution in [0.3, 0.4) is 0 Å². The van der Waals surface area contributed by atoms with Crippen molar-refractivity contribution in [2.24, 2.45) is 11.8 Å². The maximum atomic E-state index is 12.7. The maximum Gasteiger partial charge on any atom is 0.235 e. The van der Waals surface area contributed by atoms with E-state index in [2.05, 4.69) is 0 Å². The third-order valence-corrected chi connectivity index (χ3v) is 5.72. The van der Waals surface area contributed by atoms with Crippen LogP contribution in [0.25, 0.3) is 0 Å². The predicted octanol–water partition coefficient (Wildman–Crippen LogP) is 0.980. The number of methoxy groups -OCH3 is 2. The fraction of sp³-hybridized carbons (Fsp3) is 0.500. The molecule has 7 heteroatoms. The molecule has 3 aliphatic heterocycles. The lowest BCUT2D eigenvalue weighted by Crippen LogP contribution is -2.39. The molecule has 0 radical (unpaired) electrons. The highest BCUT2D eigenvalue weighted by molar-refractivity contribution is 6.07. The average Bonchev–Trinajstić information content (AvgIpc) is 3.22. The second-order valence-corrected chi connectivity index (χ2v) is 6.75. The van der Waals surface area contributed by atoms with Crippen molar-refractivity contribution in [3.8, 4) is 11.5 Å². The van der Waals surface area contributed by atoms with Crippen molar-refractivity contribution in [1.29, 1.82) is 0 Å². The van der Waals surface area contributed by atoms with Crippen molar-refractivity contribution >= 4 is 17.7 Å². The Bertz CT molecular complexity index is 777. The minimum atomic E-state index is -0.523. The summed E-state index contributed by atoms with van der Waals surface area (Å²) in [4.78, 5) is 40.7. The standard InChI is InChI=1S/C18H20N2O5/c1-19-17(22)14-10-5-7-13(21)20(10)16(15(14)18(19)23)9-4-6-11(24-2)12(8-9)25-3/h4,6,8,10,14-16H,5,7H2,1-3H3/t10-,14+,15+,16-/m1/s1. The molecule has 132 valence electrons. The normalized spacial score (nSPS) is 30.8. The van der Waals surface area contributed by atoms with E-state index in [4.69, 9.17) is 9.47 Å². The van der Waals surface area contributed by atoms with E-state index in [9.17, 15) is 14.4 Å². The zero-order valence-electron chi connectivity index (χ0n) is 14.4. The number of benzene rings is 1. The summed E-state index contributed by atoms with van der Waals surface area (Å²) >= 11 is 0. The van der Waals surface area contributed by atoms with Crippen LogP contribution in [0, 0.1) is 11.8 Å². The van der Waals surface area contributed by atoms with Crippen molar-refractivity contribution < 1.29 is 23.9 Å². The number of ether oxygens (including phenoxy) is 2. The van der Waals surface area contributed by atoms with Crippen molar-refractivity contribution in [3.63, 3.8) is 0 Å². The number of fused-ring (bicyclic) bond motifs is 3. The molecule has 0 aromatic heterocycles. The van der Waals surface area contributed by atoms with Gasteiger partial charge in [0.2, 0.25) is 17.7 Å². The first kappa shape index (κ1) is 15.9. The van der Waals surface area contributed by atoms with Gasteiger partial charge < -0.3 is 14.4 Å². The number of amides is 3. The molecule has 3 heterocycles. The molecule has 3 amide bonds. The Morgan fingerprint density at radius 1 is 1.00 bits per heavy atom. The van der Waals surface area contributed by atoms with Crippen LogP contribution in [-0.4, -0.2) is 54.8 Å². The maximum absolute atomic E-state index is 12.7. The van der Waals surface area contributed by atoms with Gasteiger partial charge in [-0.25, -0.2) is 0 Å². The highest BCUT2D eigenvalue weighted by atomic mass is 16.5. The Morgan fingerprint density at radius 3 is 2.36 bits per heavy atom. The summed E-state index contributed by atoms with van der Waals surface area (Å²) in [6.45, 7) is 0. The van der Waals surface area contributed by atoms with E-state index in [0.29, 0.717) is 24.3 Å². The molecule has 7 nitrogen and oxygen atoms in total. The number of carbonyl (C=O) groups excluding carboxylic acids is 3. The number of likely N-dealkylation sites (tertiary alicyclic amines) is 1. The van der Waals surface area contributed by atoms with Crippen LogP contribution in [0.15, 0.2) is 18.2 Å². The van der Waals surface area contributed by atoms with Crippen molar-refractivity contribution in [1.82, 2.24) is 9.80 Å². The third kappa shape index (κ3) is 2.01. The first-order valence-electron chi connectivity index (χ1n) is 8.34. The van der Waals surface area contributed by atoms with Gasteiger partial charge in [0.25, 0.3) is 0 Å². The smallest absolute Gasteiger partial charge is 0.235 e. The second-order valence-electron chi connectivity index (χ2n) is 6.75. The summed E-state index contributed by atoms with van der Waals surface area (Å²) in [6.07, 6.45) is 1.04. The summed E-state index contributed by atoms with van der Waals surface area (Å²) < 4.78 is 10.6. The Balaban J connectivity index is 1.83. The molecule has 0 saturated carbocycles. The Labute approximate surface area is 145 Å². The Hall–Kier alpha value is -2.57. The van der Waals surface area contributed by atoms with Gasteiger partial charge in [-0.3, -0.25) is 19.3 Å². The lowest BCUT2D eigenvalue weighted by Gasteiger charge is -2.28. The van der Waals surface area contributed by atoms with Crippen LogP contribution < -0.4 is 9.47 Å². The van der Waals surface area contributed by atoms with Gasteiger partial charge >= 0.3 is 0 Å². The number of hydrogen-bond donors (Lipinski definition) is 0. The molecule has 1 aromatic carbocycles. The van der Waals surface area contributed by atoms with Crippen molar-refractivity contribution in [3.05, 3.63) is 23.8 Å². The van der Waals surface area contributed by atoms with Crippen LogP contribution in [-0.2, 0) is 14.4 Å². The summed E-state index contributed by atoms with van der Waals surface area (Å²) in [7, 11) is 4.62. The molecule has 0 bridgehead atoms. The Morgan fingerprint density at radius 2 is 1.68 bits per heavy atom. The van der Waals surface area contributed by atoms with E-state index in [0.717, 1.165) is 5.56 Å². The van der Waals surface area contributed by atoms with Gasteiger partial charge in [-0.15, -0.1) is 0 Å². The highest BCUT2D eigenvalue weighted by Gasteiger charge is 2.64. The number of nitrogens with zero attached hydrogens (tertiary/aromatic N) is 2. The van der Waals surface area contributed by atoms with Crippen LogP contribution in [0.1, 0.15) is 24.4 Å². The SMILES string of the molecule is COc1ccc([C@@H]2[C@H]3C(=O)N(C)C(=O)[C@H]3[C@H]3CCC(=O)N32)cc1OC. The molecule has 0 N–H and O–H groups in total. The van der Waals surface area contributed by atoms with Gasteiger partial charge in [-0.1, -0.05) is 6.07 Å². The van der Waals surface area contributed by atoms with Crippen LogP contribution >= 0.6 is 0 Å². The molecule has 25 heavy (non-hydrogen) atoms. The van der Waals surface area contributed by atoms with E-state index in [-0.39, 0.29) is 23.8 Å². The van der Waals surface area contributed by atoms with E-state index in [1.807, 2.05) is 6.07 Å². The molecule has 0 spiro atoms. The summed E-state index contributed by atoms with van der Waals surface area (Å²) in [5, 5.41) is 0. The van der Waals surface area contributed by atoms with E-state index >= 15 is 0 Å². The van der Waals surface area contributed by atoms with Gasteiger partial charge in [0.15, 0.2) is 11.5 Å².